The van der Waals surface area contributed by atoms with Gasteiger partial charge in [-0.1, -0.05) is 41.4 Å². The lowest BCUT2D eigenvalue weighted by molar-refractivity contribution is -0.140. The molecule has 0 aromatic heterocycles. The molecule has 2 aromatic carbocycles. The van der Waals surface area contributed by atoms with Gasteiger partial charge >= 0.3 is 0 Å². The zero-order valence-corrected chi connectivity index (χ0v) is 17.8. The Labute approximate surface area is 176 Å². The van der Waals surface area contributed by atoms with Gasteiger partial charge in [0.15, 0.2) is 0 Å². The zero-order valence-electron chi connectivity index (χ0n) is 17.1. The molecule has 2 aromatic rings. The van der Waals surface area contributed by atoms with Crippen LogP contribution in [0, 0.1) is 13.8 Å². The van der Waals surface area contributed by atoms with Crippen molar-refractivity contribution in [3.05, 3.63) is 75.3 Å². The maximum atomic E-state index is 13.0. The van der Waals surface area contributed by atoms with E-state index in [9.17, 15) is 14.7 Å². The lowest BCUT2D eigenvalue weighted by Crippen LogP contribution is -2.35. The van der Waals surface area contributed by atoms with Gasteiger partial charge in [0.1, 0.15) is 5.76 Å². The molecule has 0 spiro atoms. The summed E-state index contributed by atoms with van der Waals surface area (Å²) in [5, 5.41) is 11.7. The molecule has 0 bridgehead atoms. The fourth-order valence-electron chi connectivity index (χ4n) is 3.58. The van der Waals surface area contributed by atoms with E-state index in [-0.39, 0.29) is 11.3 Å². The van der Waals surface area contributed by atoms with Crippen molar-refractivity contribution >= 4 is 29.1 Å². The summed E-state index contributed by atoms with van der Waals surface area (Å²) in [5.74, 6) is -1.43. The van der Waals surface area contributed by atoms with Crippen molar-refractivity contribution in [1.29, 1.82) is 0 Å². The molecule has 0 saturated carbocycles. The van der Waals surface area contributed by atoms with Gasteiger partial charge in [0, 0.05) is 23.7 Å². The molecule has 1 fully saturated rings. The Balaban J connectivity index is 2.20. The largest absolute Gasteiger partial charge is 0.507 e. The lowest BCUT2D eigenvalue weighted by atomic mass is 9.93. The number of likely N-dealkylation sites (N-methyl/N-ethyl adjacent to an activating group) is 1. The Morgan fingerprint density at radius 1 is 1.14 bits per heavy atom. The van der Waals surface area contributed by atoms with Gasteiger partial charge in [0.05, 0.1) is 11.6 Å². The first-order valence-electron chi connectivity index (χ1n) is 9.47. The lowest BCUT2D eigenvalue weighted by Gasteiger charge is -2.26. The van der Waals surface area contributed by atoms with Crippen molar-refractivity contribution in [3.8, 4) is 0 Å². The molecule has 1 aliphatic heterocycles. The van der Waals surface area contributed by atoms with E-state index in [1.165, 1.54) is 4.90 Å². The first-order chi connectivity index (χ1) is 13.7. The number of aliphatic hydroxyl groups is 1. The summed E-state index contributed by atoms with van der Waals surface area (Å²) in [6.45, 7) is 4.73. The zero-order chi connectivity index (χ0) is 21.3. The van der Waals surface area contributed by atoms with Gasteiger partial charge in [0.25, 0.3) is 11.7 Å². The van der Waals surface area contributed by atoms with Gasteiger partial charge in [-0.15, -0.1) is 0 Å². The Hall–Kier alpha value is -2.63. The van der Waals surface area contributed by atoms with Crippen LogP contribution in [0.5, 0.6) is 0 Å². The molecular formula is C23H25ClN2O3. The van der Waals surface area contributed by atoms with Gasteiger partial charge in [-0.3, -0.25) is 9.59 Å². The highest BCUT2D eigenvalue weighted by Gasteiger charge is 2.46. The van der Waals surface area contributed by atoms with Crippen LogP contribution >= 0.6 is 11.6 Å². The Morgan fingerprint density at radius 3 is 2.52 bits per heavy atom. The maximum absolute atomic E-state index is 13.0. The average molecular weight is 413 g/mol. The van der Waals surface area contributed by atoms with Gasteiger partial charge < -0.3 is 14.9 Å². The van der Waals surface area contributed by atoms with E-state index >= 15 is 0 Å². The number of benzene rings is 2. The molecule has 1 saturated heterocycles. The number of amides is 1. The van der Waals surface area contributed by atoms with E-state index in [1.807, 2.05) is 57.1 Å². The molecule has 3 rings (SSSR count). The van der Waals surface area contributed by atoms with Crippen LogP contribution in [-0.4, -0.2) is 53.8 Å². The fourth-order valence-corrected chi connectivity index (χ4v) is 3.78. The molecule has 1 amide bonds. The molecule has 0 radical (unpaired) electrons. The van der Waals surface area contributed by atoms with Crippen LogP contribution in [0.4, 0.5) is 0 Å². The number of aliphatic hydroxyl groups excluding tert-OH is 1. The van der Waals surface area contributed by atoms with Gasteiger partial charge in [-0.05, 0) is 57.3 Å². The summed E-state index contributed by atoms with van der Waals surface area (Å²) in [5.41, 5.74) is 3.14. The summed E-state index contributed by atoms with van der Waals surface area (Å²) in [6, 6.07) is 12.0. The summed E-state index contributed by atoms with van der Waals surface area (Å²) < 4.78 is 0. The monoisotopic (exact) mass is 412 g/mol. The normalized spacial score (nSPS) is 18.7. The maximum Gasteiger partial charge on any atom is 0.295 e. The van der Waals surface area contributed by atoms with Crippen LogP contribution in [-0.2, 0) is 9.59 Å². The SMILES string of the molecule is Cc1ccc(C)c(C(O)=C2C(=O)C(=O)N(CCN(C)C)C2c2cccc(Cl)c2)c1. The van der Waals surface area contributed by atoms with Crippen molar-refractivity contribution in [2.75, 3.05) is 27.2 Å². The van der Waals surface area contributed by atoms with Crippen molar-refractivity contribution in [2.24, 2.45) is 0 Å². The van der Waals surface area contributed by atoms with Crippen LogP contribution in [0.15, 0.2) is 48.0 Å². The number of nitrogens with zero attached hydrogens (tertiary/aromatic N) is 2. The quantitative estimate of drug-likeness (QED) is 0.459. The first kappa shape index (κ1) is 21.1. The van der Waals surface area contributed by atoms with Crippen LogP contribution in [0.2, 0.25) is 5.02 Å². The number of carbonyl (C=O) groups is 2. The van der Waals surface area contributed by atoms with Crippen LogP contribution in [0.3, 0.4) is 0 Å². The Morgan fingerprint density at radius 2 is 1.86 bits per heavy atom. The third kappa shape index (κ3) is 4.21. The molecule has 1 atom stereocenters. The number of likely N-dealkylation sites (tertiary alicyclic amines) is 1. The number of ketones is 1. The molecule has 6 heteroatoms. The molecular weight excluding hydrogens is 388 g/mol. The van der Waals surface area contributed by atoms with Crippen molar-refractivity contribution in [3.63, 3.8) is 0 Å². The molecule has 152 valence electrons. The second-order valence-corrected chi connectivity index (χ2v) is 8.11. The van der Waals surface area contributed by atoms with Crippen LogP contribution in [0.1, 0.15) is 28.3 Å². The summed E-state index contributed by atoms with van der Waals surface area (Å²) in [7, 11) is 3.81. The third-order valence-corrected chi connectivity index (χ3v) is 5.38. The summed E-state index contributed by atoms with van der Waals surface area (Å²) in [4.78, 5) is 29.3. The number of hydrogen-bond donors (Lipinski definition) is 1. The fraction of sp³-hybridized carbons (Fsp3) is 0.304. The third-order valence-electron chi connectivity index (χ3n) is 5.14. The minimum Gasteiger partial charge on any atom is -0.507 e. The molecule has 29 heavy (non-hydrogen) atoms. The van der Waals surface area contributed by atoms with Crippen molar-refractivity contribution in [2.45, 2.75) is 19.9 Å². The van der Waals surface area contributed by atoms with E-state index in [0.29, 0.717) is 29.2 Å². The summed E-state index contributed by atoms with van der Waals surface area (Å²) in [6.07, 6.45) is 0. The second kappa shape index (κ2) is 8.39. The van der Waals surface area contributed by atoms with E-state index in [1.54, 1.807) is 18.2 Å². The first-order valence-corrected chi connectivity index (χ1v) is 9.84. The number of carbonyl (C=O) groups excluding carboxylic acids is 2. The predicted molar refractivity (Wildman–Crippen MR) is 115 cm³/mol. The number of rotatable bonds is 5. The van der Waals surface area contributed by atoms with Gasteiger partial charge in [-0.25, -0.2) is 0 Å². The van der Waals surface area contributed by atoms with E-state index in [0.717, 1.165) is 11.1 Å². The highest BCUT2D eigenvalue weighted by molar-refractivity contribution is 6.46. The average Bonchev–Trinajstić information content (AvgIpc) is 2.92. The second-order valence-electron chi connectivity index (χ2n) is 7.67. The molecule has 5 nitrogen and oxygen atoms in total. The number of hydrogen-bond acceptors (Lipinski definition) is 4. The van der Waals surface area contributed by atoms with Gasteiger partial charge in [-0.2, -0.15) is 0 Å². The van der Waals surface area contributed by atoms with Gasteiger partial charge in [0.2, 0.25) is 0 Å². The topological polar surface area (TPSA) is 60.9 Å². The number of halogens is 1. The van der Waals surface area contributed by atoms with Crippen molar-refractivity contribution < 1.29 is 14.7 Å². The minimum atomic E-state index is -0.687. The van der Waals surface area contributed by atoms with E-state index < -0.39 is 17.7 Å². The summed E-state index contributed by atoms with van der Waals surface area (Å²) >= 11 is 6.19. The Kier molecular flexibility index (Phi) is 6.10. The predicted octanol–water partition coefficient (Wildman–Crippen LogP) is 3.94. The van der Waals surface area contributed by atoms with E-state index in [2.05, 4.69) is 0 Å². The Bertz CT molecular complexity index is 997. The smallest absolute Gasteiger partial charge is 0.295 e. The van der Waals surface area contributed by atoms with E-state index in [4.69, 9.17) is 11.6 Å². The van der Waals surface area contributed by atoms with Crippen LogP contribution in [0.25, 0.3) is 5.76 Å². The minimum absolute atomic E-state index is 0.102. The molecule has 0 aliphatic carbocycles. The molecule has 1 unspecified atom stereocenters. The molecule has 1 N–H and O–H groups in total. The van der Waals surface area contributed by atoms with Crippen molar-refractivity contribution in [1.82, 2.24) is 9.80 Å². The molecule has 1 aliphatic rings. The molecule has 1 heterocycles. The highest BCUT2D eigenvalue weighted by Crippen LogP contribution is 2.40. The highest BCUT2D eigenvalue weighted by atomic mass is 35.5. The number of aryl methyl sites for hydroxylation is 2. The number of Topliss-reactive ketones (excluding diaryl/α,β-unsaturated/α-hetero) is 1. The standard InChI is InChI=1S/C23H25ClN2O3/c1-14-8-9-15(2)18(12-14)21(27)19-20(16-6-5-7-17(24)13-16)26(11-10-25(3)4)23(29)22(19)28/h5-9,12-13,20,27H,10-11H2,1-4H3. The van der Waals surface area contributed by atoms with Crippen LogP contribution < -0.4 is 0 Å².